The lowest BCUT2D eigenvalue weighted by Crippen LogP contribution is -2.36. The standard InChI is InChI=1S/C21H18BrN3OS/c22-17-10-8-16(9-11-17)18-13-19(20-7-4-12-26-20)25(24-18)21(27)23-14-15-5-2-1-3-6-15/h1-12,19H,13-14H2,(H,23,27)/t19-/m1/s1. The highest BCUT2D eigenvalue weighted by Gasteiger charge is 2.33. The summed E-state index contributed by atoms with van der Waals surface area (Å²) in [4.78, 5) is 0. The van der Waals surface area contributed by atoms with Gasteiger partial charge in [-0.25, -0.2) is 5.01 Å². The van der Waals surface area contributed by atoms with Crippen molar-refractivity contribution in [3.8, 4) is 0 Å². The van der Waals surface area contributed by atoms with Gasteiger partial charge in [0.15, 0.2) is 5.11 Å². The smallest absolute Gasteiger partial charge is 0.190 e. The fourth-order valence-corrected chi connectivity index (χ4v) is 3.58. The summed E-state index contributed by atoms with van der Waals surface area (Å²) < 4.78 is 6.70. The van der Waals surface area contributed by atoms with Crippen molar-refractivity contribution in [2.24, 2.45) is 5.10 Å². The van der Waals surface area contributed by atoms with Crippen LogP contribution in [0.25, 0.3) is 0 Å². The van der Waals surface area contributed by atoms with Crippen LogP contribution in [0.1, 0.15) is 29.3 Å². The van der Waals surface area contributed by atoms with Gasteiger partial charge in [-0.3, -0.25) is 0 Å². The molecule has 0 spiro atoms. The van der Waals surface area contributed by atoms with Crippen LogP contribution in [0, 0.1) is 0 Å². The van der Waals surface area contributed by atoms with E-state index in [2.05, 4.69) is 45.5 Å². The molecule has 0 amide bonds. The maximum absolute atomic E-state index is 5.65. The number of halogens is 1. The maximum atomic E-state index is 5.65. The zero-order valence-corrected chi connectivity index (χ0v) is 16.9. The van der Waals surface area contributed by atoms with Gasteiger partial charge in [0.1, 0.15) is 11.8 Å². The topological polar surface area (TPSA) is 40.8 Å². The molecule has 3 aromatic rings. The number of nitrogens with one attached hydrogen (secondary N) is 1. The third-order valence-electron chi connectivity index (χ3n) is 4.45. The Morgan fingerprint density at radius 1 is 1.11 bits per heavy atom. The molecule has 2 heterocycles. The lowest BCUT2D eigenvalue weighted by atomic mass is 10.0. The molecule has 2 aromatic carbocycles. The summed E-state index contributed by atoms with van der Waals surface area (Å²) in [7, 11) is 0. The predicted octanol–water partition coefficient (Wildman–Crippen LogP) is 5.27. The number of rotatable bonds is 4. The summed E-state index contributed by atoms with van der Waals surface area (Å²) in [6.45, 7) is 0.657. The first kappa shape index (κ1) is 17.9. The van der Waals surface area contributed by atoms with E-state index in [-0.39, 0.29) is 6.04 Å². The van der Waals surface area contributed by atoms with Gasteiger partial charge in [0.2, 0.25) is 0 Å². The van der Waals surface area contributed by atoms with Gasteiger partial charge in [0, 0.05) is 17.4 Å². The summed E-state index contributed by atoms with van der Waals surface area (Å²) in [5.74, 6) is 0.856. The normalized spacial score (nSPS) is 16.3. The highest BCUT2D eigenvalue weighted by atomic mass is 79.9. The first-order valence-electron chi connectivity index (χ1n) is 8.68. The van der Waals surface area contributed by atoms with Gasteiger partial charge < -0.3 is 9.73 Å². The van der Waals surface area contributed by atoms with Gasteiger partial charge in [0.25, 0.3) is 0 Å². The molecule has 6 heteroatoms. The number of hydrogen-bond donors (Lipinski definition) is 1. The minimum atomic E-state index is -0.0468. The van der Waals surface area contributed by atoms with Crippen LogP contribution in [0.2, 0.25) is 0 Å². The summed E-state index contributed by atoms with van der Waals surface area (Å²) in [5.41, 5.74) is 3.25. The van der Waals surface area contributed by atoms with E-state index < -0.39 is 0 Å². The second-order valence-electron chi connectivity index (χ2n) is 6.28. The molecule has 136 valence electrons. The van der Waals surface area contributed by atoms with Gasteiger partial charge in [-0.2, -0.15) is 5.10 Å². The molecule has 0 unspecified atom stereocenters. The fraction of sp³-hybridized carbons (Fsp3) is 0.143. The Labute approximate surface area is 172 Å². The molecule has 0 saturated carbocycles. The van der Waals surface area contributed by atoms with Crippen molar-refractivity contribution in [1.82, 2.24) is 10.3 Å². The number of furan rings is 1. The van der Waals surface area contributed by atoms with Crippen LogP contribution < -0.4 is 5.32 Å². The lowest BCUT2D eigenvalue weighted by molar-refractivity contribution is 0.310. The van der Waals surface area contributed by atoms with Crippen LogP contribution in [-0.4, -0.2) is 15.8 Å². The monoisotopic (exact) mass is 439 g/mol. The minimum absolute atomic E-state index is 0.0468. The molecule has 4 nitrogen and oxygen atoms in total. The molecular formula is C21H18BrN3OS. The van der Waals surface area contributed by atoms with Gasteiger partial charge in [-0.1, -0.05) is 58.4 Å². The SMILES string of the molecule is S=C(NCc1ccccc1)N1N=C(c2ccc(Br)cc2)C[C@@H]1c1ccco1. The number of thiocarbonyl (C=S) groups is 1. The van der Waals surface area contributed by atoms with Crippen molar-refractivity contribution < 1.29 is 4.42 Å². The quantitative estimate of drug-likeness (QED) is 0.562. The van der Waals surface area contributed by atoms with Gasteiger partial charge in [-0.05, 0) is 47.6 Å². The number of benzene rings is 2. The minimum Gasteiger partial charge on any atom is -0.467 e. The Morgan fingerprint density at radius 3 is 2.59 bits per heavy atom. The Kier molecular flexibility index (Phi) is 5.36. The van der Waals surface area contributed by atoms with Crippen LogP contribution in [0.4, 0.5) is 0 Å². The van der Waals surface area contributed by atoms with Crippen LogP contribution >= 0.6 is 28.1 Å². The molecule has 1 aromatic heterocycles. The first-order valence-corrected chi connectivity index (χ1v) is 9.88. The van der Waals surface area contributed by atoms with Gasteiger partial charge in [0.05, 0.1) is 12.0 Å². The highest BCUT2D eigenvalue weighted by molar-refractivity contribution is 9.10. The Hall–Kier alpha value is -2.44. The van der Waals surface area contributed by atoms with E-state index in [4.69, 9.17) is 21.7 Å². The number of hydrogen-bond acceptors (Lipinski definition) is 3. The summed E-state index contributed by atoms with van der Waals surface area (Å²) in [5, 5.41) is 10.6. The zero-order chi connectivity index (χ0) is 18.6. The van der Waals surface area contributed by atoms with E-state index in [1.54, 1.807) is 6.26 Å². The molecule has 1 aliphatic heterocycles. The Bertz CT molecular complexity index is 939. The van der Waals surface area contributed by atoms with E-state index in [0.29, 0.717) is 11.7 Å². The summed E-state index contributed by atoms with van der Waals surface area (Å²) in [6, 6.07) is 22.2. The van der Waals surface area contributed by atoms with Crippen molar-refractivity contribution in [3.05, 3.63) is 94.4 Å². The third kappa shape index (κ3) is 4.12. The molecule has 0 aliphatic carbocycles. The average molecular weight is 440 g/mol. The van der Waals surface area contributed by atoms with Crippen molar-refractivity contribution in [1.29, 1.82) is 0 Å². The Morgan fingerprint density at radius 2 is 1.89 bits per heavy atom. The molecule has 1 N–H and O–H groups in total. The molecule has 1 atom stereocenters. The van der Waals surface area contributed by atoms with Crippen molar-refractivity contribution in [2.75, 3.05) is 0 Å². The summed E-state index contributed by atoms with van der Waals surface area (Å²) >= 11 is 9.13. The van der Waals surface area contributed by atoms with Gasteiger partial charge >= 0.3 is 0 Å². The van der Waals surface area contributed by atoms with Crippen molar-refractivity contribution in [3.63, 3.8) is 0 Å². The predicted molar refractivity (Wildman–Crippen MR) is 114 cm³/mol. The molecule has 0 fully saturated rings. The van der Waals surface area contributed by atoms with Crippen LogP contribution in [-0.2, 0) is 6.54 Å². The molecule has 0 bridgehead atoms. The van der Waals surface area contributed by atoms with Gasteiger partial charge in [-0.15, -0.1) is 0 Å². The third-order valence-corrected chi connectivity index (χ3v) is 5.31. The van der Waals surface area contributed by atoms with Crippen LogP contribution in [0.3, 0.4) is 0 Å². The van der Waals surface area contributed by atoms with E-state index in [1.807, 2.05) is 47.5 Å². The molecule has 0 radical (unpaired) electrons. The zero-order valence-electron chi connectivity index (χ0n) is 14.5. The highest BCUT2D eigenvalue weighted by Crippen LogP contribution is 2.33. The Balaban J connectivity index is 1.55. The van der Waals surface area contributed by atoms with Crippen molar-refractivity contribution in [2.45, 2.75) is 19.0 Å². The van der Waals surface area contributed by atoms with E-state index in [1.165, 1.54) is 5.56 Å². The molecule has 1 aliphatic rings. The summed E-state index contributed by atoms with van der Waals surface area (Å²) in [6.07, 6.45) is 2.42. The van der Waals surface area contributed by atoms with E-state index >= 15 is 0 Å². The fourth-order valence-electron chi connectivity index (χ4n) is 3.07. The molecule has 0 saturated heterocycles. The number of hydrazone groups is 1. The molecule has 27 heavy (non-hydrogen) atoms. The largest absolute Gasteiger partial charge is 0.467 e. The van der Waals surface area contributed by atoms with Crippen LogP contribution in [0.5, 0.6) is 0 Å². The van der Waals surface area contributed by atoms with E-state index in [0.717, 1.165) is 27.9 Å². The first-order chi connectivity index (χ1) is 13.2. The van der Waals surface area contributed by atoms with Crippen LogP contribution in [0.15, 0.2) is 87.0 Å². The molecule has 4 rings (SSSR count). The second-order valence-corrected chi connectivity index (χ2v) is 7.58. The number of nitrogens with zero attached hydrogens (tertiary/aromatic N) is 2. The lowest BCUT2D eigenvalue weighted by Gasteiger charge is -2.23. The second kappa shape index (κ2) is 8.06. The van der Waals surface area contributed by atoms with E-state index in [9.17, 15) is 0 Å². The average Bonchev–Trinajstić information content (AvgIpc) is 3.37. The molecular weight excluding hydrogens is 422 g/mol. The maximum Gasteiger partial charge on any atom is 0.190 e. The van der Waals surface area contributed by atoms with Crippen molar-refractivity contribution >= 4 is 39.0 Å².